The lowest BCUT2D eigenvalue weighted by Gasteiger charge is -1.99. The molecule has 0 rings (SSSR count). The highest BCUT2D eigenvalue weighted by Gasteiger charge is 2.02. The highest BCUT2D eigenvalue weighted by atomic mass is 16.5. The number of unbranched alkanes of at least 4 members (excludes halogenated alkanes) is 1. The van der Waals surface area contributed by atoms with Crippen LogP contribution in [0.15, 0.2) is 0 Å². The third-order valence-electron chi connectivity index (χ3n) is 1.33. The summed E-state index contributed by atoms with van der Waals surface area (Å²) < 4.78 is 4.66. The van der Waals surface area contributed by atoms with Gasteiger partial charge in [0.2, 0.25) is 0 Å². The quantitative estimate of drug-likeness (QED) is 0.532. The fourth-order valence-corrected chi connectivity index (χ4v) is 0.779. The molecule has 0 aromatic rings. The third kappa shape index (κ3) is 13.5. The van der Waals surface area contributed by atoms with E-state index in [0.717, 1.165) is 0 Å². The molecule has 4 heteroatoms. The van der Waals surface area contributed by atoms with Gasteiger partial charge in [0.1, 0.15) is 0 Å². The smallest absolute Gasteiger partial charge is 0.305 e. The third-order valence-corrected chi connectivity index (χ3v) is 1.33. The minimum atomic E-state index is -0.821. The molecule has 0 aliphatic heterocycles. The minimum Gasteiger partial charge on any atom is -0.481 e. The Labute approximate surface area is 85.3 Å². The number of aliphatic carboxylic acids is 1. The van der Waals surface area contributed by atoms with Gasteiger partial charge in [-0.15, -0.1) is 0 Å². The molecule has 0 unspecified atom stereocenters. The number of hydrogen-bond acceptors (Lipinski definition) is 3. The van der Waals surface area contributed by atoms with Gasteiger partial charge in [0.25, 0.3) is 0 Å². The van der Waals surface area contributed by atoms with Crippen LogP contribution in [0.4, 0.5) is 0 Å². The lowest BCUT2D eigenvalue weighted by atomic mass is 10.2. The molecule has 0 amide bonds. The van der Waals surface area contributed by atoms with Crippen LogP contribution in [-0.4, -0.2) is 23.7 Å². The molecule has 0 aromatic heterocycles. The van der Waals surface area contributed by atoms with E-state index < -0.39 is 5.97 Å². The Balaban J connectivity index is 0. The van der Waals surface area contributed by atoms with E-state index in [-0.39, 0.29) is 12.4 Å². The average molecular weight is 204 g/mol. The summed E-state index contributed by atoms with van der Waals surface area (Å²) in [6, 6.07) is 0. The second-order valence-corrected chi connectivity index (χ2v) is 2.41. The van der Waals surface area contributed by atoms with Crippen LogP contribution in [0.3, 0.4) is 0 Å². The summed E-state index contributed by atoms with van der Waals surface area (Å²) in [5.41, 5.74) is 0. The molecule has 0 aliphatic carbocycles. The van der Waals surface area contributed by atoms with Crippen molar-refractivity contribution in [1.82, 2.24) is 0 Å². The predicted molar refractivity (Wildman–Crippen MR) is 54.1 cm³/mol. The number of carbonyl (C=O) groups excluding carboxylic acids is 1. The van der Waals surface area contributed by atoms with E-state index in [1.165, 1.54) is 0 Å². The Morgan fingerprint density at radius 1 is 1.14 bits per heavy atom. The van der Waals surface area contributed by atoms with Gasteiger partial charge in [-0.25, -0.2) is 0 Å². The summed E-state index contributed by atoms with van der Waals surface area (Å²) in [4.78, 5) is 20.8. The summed E-state index contributed by atoms with van der Waals surface area (Å²) >= 11 is 0. The largest absolute Gasteiger partial charge is 0.481 e. The van der Waals surface area contributed by atoms with E-state index >= 15 is 0 Å². The number of hydrogen-bond donors (Lipinski definition) is 1. The van der Waals surface area contributed by atoms with Gasteiger partial charge >= 0.3 is 11.9 Å². The van der Waals surface area contributed by atoms with Crippen LogP contribution < -0.4 is 0 Å². The number of carboxylic acids is 1. The number of carbonyl (C=O) groups is 2. The van der Waals surface area contributed by atoms with Crippen LogP contribution in [0.1, 0.15) is 46.5 Å². The first-order chi connectivity index (χ1) is 6.66. The monoisotopic (exact) mass is 204 g/mol. The maximum atomic E-state index is 10.7. The fourth-order valence-electron chi connectivity index (χ4n) is 0.779. The highest BCUT2D eigenvalue weighted by molar-refractivity contribution is 5.69. The molecule has 0 saturated heterocycles. The second-order valence-electron chi connectivity index (χ2n) is 2.41. The van der Waals surface area contributed by atoms with E-state index in [9.17, 15) is 9.59 Å². The molecule has 4 nitrogen and oxygen atoms in total. The Morgan fingerprint density at radius 3 is 2.07 bits per heavy atom. The van der Waals surface area contributed by atoms with E-state index in [2.05, 4.69) is 4.74 Å². The van der Waals surface area contributed by atoms with E-state index in [1.54, 1.807) is 6.92 Å². The summed E-state index contributed by atoms with van der Waals surface area (Å²) in [7, 11) is 0. The maximum Gasteiger partial charge on any atom is 0.305 e. The summed E-state index contributed by atoms with van der Waals surface area (Å²) in [5, 5.41) is 8.27. The van der Waals surface area contributed by atoms with Crippen molar-refractivity contribution in [2.75, 3.05) is 6.61 Å². The Kier molecular flexibility index (Phi) is 13.1. The van der Waals surface area contributed by atoms with Crippen molar-refractivity contribution in [3.05, 3.63) is 0 Å². The molecule has 0 aromatic carbocycles. The number of rotatable bonds is 6. The molecule has 0 atom stereocenters. The lowest BCUT2D eigenvalue weighted by Crippen LogP contribution is -2.03. The zero-order valence-corrected chi connectivity index (χ0v) is 9.21. The van der Waals surface area contributed by atoms with E-state index in [4.69, 9.17) is 5.11 Å². The normalized spacial score (nSPS) is 8.50. The van der Waals surface area contributed by atoms with Gasteiger partial charge in [-0.3, -0.25) is 9.59 Å². The van der Waals surface area contributed by atoms with Crippen molar-refractivity contribution < 1.29 is 19.4 Å². The van der Waals surface area contributed by atoms with Crippen LogP contribution in [0.25, 0.3) is 0 Å². The summed E-state index contributed by atoms with van der Waals surface area (Å²) in [6.07, 6.45) is 1.57. The zero-order valence-electron chi connectivity index (χ0n) is 9.21. The van der Waals surface area contributed by atoms with Crippen molar-refractivity contribution in [2.24, 2.45) is 0 Å². The van der Waals surface area contributed by atoms with E-state index in [0.29, 0.717) is 25.9 Å². The number of carboxylic acid groups (broad SMARTS) is 1. The predicted octanol–water partition coefficient (Wildman–Crippen LogP) is 2.22. The van der Waals surface area contributed by atoms with Gasteiger partial charge in [0, 0.05) is 12.8 Å². The Hall–Kier alpha value is -1.06. The molecule has 0 bridgehead atoms. The molecule has 0 radical (unpaired) electrons. The lowest BCUT2D eigenvalue weighted by molar-refractivity contribution is -0.143. The number of esters is 1. The molecule has 14 heavy (non-hydrogen) atoms. The van der Waals surface area contributed by atoms with Crippen LogP contribution in [0.5, 0.6) is 0 Å². The average Bonchev–Trinajstić information content (AvgIpc) is 2.16. The molecule has 0 aliphatic rings. The summed E-state index contributed by atoms with van der Waals surface area (Å²) in [6.45, 7) is 6.13. The molecule has 0 heterocycles. The van der Waals surface area contributed by atoms with Crippen molar-refractivity contribution in [3.8, 4) is 0 Å². The van der Waals surface area contributed by atoms with E-state index in [1.807, 2.05) is 13.8 Å². The van der Waals surface area contributed by atoms with Crippen molar-refractivity contribution >= 4 is 11.9 Å². The van der Waals surface area contributed by atoms with Gasteiger partial charge in [0.05, 0.1) is 6.61 Å². The highest BCUT2D eigenvalue weighted by Crippen LogP contribution is 2.00. The van der Waals surface area contributed by atoms with Gasteiger partial charge in [0.15, 0.2) is 0 Å². The van der Waals surface area contributed by atoms with Crippen molar-refractivity contribution in [3.63, 3.8) is 0 Å². The maximum absolute atomic E-state index is 10.7. The fraction of sp³-hybridized carbons (Fsp3) is 0.800. The van der Waals surface area contributed by atoms with Gasteiger partial charge in [-0.2, -0.15) is 0 Å². The standard InChI is InChI=1S/C8H14O4.C2H6/c1-2-12-8(11)6-4-3-5-7(9)10;1-2/h2-6H2,1H3,(H,9,10);1-2H3. The molecule has 0 spiro atoms. The molecular formula is C10H20O4. The minimum absolute atomic E-state index is 0.124. The number of ether oxygens (including phenoxy) is 1. The Morgan fingerprint density at radius 2 is 1.64 bits per heavy atom. The van der Waals surface area contributed by atoms with Crippen LogP contribution >= 0.6 is 0 Å². The molecular weight excluding hydrogens is 184 g/mol. The second kappa shape index (κ2) is 11.9. The van der Waals surface area contributed by atoms with Crippen LogP contribution in [0, 0.1) is 0 Å². The van der Waals surface area contributed by atoms with Gasteiger partial charge < -0.3 is 9.84 Å². The van der Waals surface area contributed by atoms with Crippen LogP contribution in [-0.2, 0) is 14.3 Å². The van der Waals surface area contributed by atoms with Gasteiger partial charge in [-0.1, -0.05) is 13.8 Å². The molecule has 0 saturated carbocycles. The van der Waals surface area contributed by atoms with Gasteiger partial charge in [-0.05, 0) is 19.8 Å². The molecule has 0 fully saturated rings. The van der Waals surface area contributed by atoms with Crippen molar-refractivity contribution in [2.45, 2.75) is 46.5 Å². The summed E-state index contributed by atoms with van der Waals surface area (Å²) in [5.74, 6) is -1.07. The SMILES string of the molecule is CC.CCOC(=O)CCCCC(=O)O. The topological polar surface area (TPSA) is 63.6 Å². The first-order valence-electron chi connectivity index (χ1n) is 5.04. The zero-order chi connectivity index (χ0) is 11.4. The van der Waals surface area contributed by atoms with Crippen molar-refractivity contribution in [1.29, 1.82) is 0 Å². The molecule has 1 N–H and O–H groups in total. The Bertz CT molecular complexity index is 154. The molecule has 84 valence electrons. The van der Waals surface area contributed by atoms with Crippen LogP contribution in [0.2, 0.25) is 0 Å². The first kappa shape index (κ1) is 15.4. The first-order valence-corrected chi connectivity index (χ1v) is 5.04.